The van der Waals surface area contributed by atoms with Gasteiger partial charge in [-0.1, -0.05) is 25.1 Å². The number of nitrogens with zero attached hydrogens (tertiary/aromatic N) is 1. The van der Waals surface area contributed by atoms with Gasteiger partial charge in [-0.2, -0.15) is 0 Å². The van der Waals surface area contributed by atoms with Gasteiger partial charge >= 0.3 is 0 Å². The summed E-state index contributed by atoms with van der Waals surface area (Å²) in [6, 6.07) is 10.1. The molecule has 0 aliphatic carbocycles. The molecule has 1 fully saturated rings. The molecule has 2 rings (SSSR count). The van der Waals surface area contributed by atoms with Crippen LogP contribution < -0.4 is 4.84 Å². The summed E-state index contributed by atoms with van der Waals surface area (Å²) in [5.41, 5.74) is 0.133. The molecule has 100 valence electrons. The van der Waals surface area contributed by atoms with Gasteiger partial charge in [0.05, 0.1) is 11.1 Å². The molecule has 0 atom stereocenters. The maximum absolute atomic E-state index is 6.17. The molecule has 1 aromatic carbocycles. The van der Waals surface area contributed by atoms with Crippen molar-refractivity contribution in [1.82, 2.24) is 5.06 Å². The second kappa shape index (κ2) is 4.58. The molecule has 0 amide bonds. The van der Waals surface area contributed by atoms with Crippen LogP contribution in [0, 0.1) is 5.92 Å². The molecule has 1 aliphatic rings. The monoisotopic (exact) mass is 247 g/mol. The fourth-order valence-corrected chi connectivity index (χ4v) is 3.60. The minimum atomic E-state index is 0.0665. The van der Waals surface area contributed by atoms with Crippen molar-refractivity contribution >= 4 is 0 Å². The Hall–Kier alpha value is -1.02. The Morgan fingerprint density at radius 1 is 1.00 bits per heavy atom. The third kappa shape index (κ3) is 2.69. The van der Waals surface area contributed by atoms with Crippen molar-refractivity contribution in [1.29, 1.82) is 0 Å². The van der Waals surface area contributed by atoms with Crippen molar-refractivity contribution in [2.75, 3.05) is 0 Å². The molecule has 2 nitrogen and oxygen atoms in total. The van der Waals surface area contributed by atoms with E-state index in [-0.39, 0.29) is 11.1 Å². The molecular weight excluding hydrogens is 222 g/mol. The lowest BCUT2D eigenvalue weighted by Crippen LogP contribution is -2.61. The number of hydrogen-bond acceptors (Lipinski definition) is 2. The van der Waals surface area contributed by atoms with Crippen LogP contribution in [0.5, 0.6) is 5.75 Å². The van der Waals surface area contributed by atoms with E-state index in [1.165, 1.54) is 12.8 Å². The summed E-state index contributed by atoms with van der Waals surface area (Å²) in [6.45, 7) is 11.4. The predicted molar refractivity (Wildman–Crippen MR) is 75.5 cm³/mol. The topological polar surface area (TPSA) is 12.5 Å². The van der Waals surface area contributed by atoms with E-state index in [1.54, 1.807) is 0 Å². The molecule has 0 saturated carbocycles. The van der Waals surface area contributed by atoms with Gasteiger partial charge in [0.15, 0.2) is 0 Å². The first-order valence-corrected chi connectivity index (χ1v) is 6.85. The van der Waals surface area contributed by atoms with E-state index in [4.69, 9.17) is 4.84 Å². The molecule has 18 heavy (non-hydrogen) atoms. The lowest BCUT2D eigenvalue weighted by atomic mass is 9.76. The highest BCUT2D eigenvalue weighted by Crippen LogP contribution is 2.41. The van der Waals surface area contributed by atoms with E-state index in [0.29, 0.717) is 0 Å². The van der Waals surface area contributed by atoms with Crippen molar-refractivity contribution in [3.05, 3.63) is 30.3 Å². The number of hydrogen-bond donors (Lipinski definition) is 0. The van der Waals surface area contributed by atoms with Crippen molar-refractivity contribution < 1.29 is 4.84 Å². The average molecular weight is 247 g/mol. The molecule has 1 aliphatic heterocycles. The van der Waals surface area contributed by atoms with Crippen LogP contribution in [0.4, 0.5) is 0 Å². The normalized spacial score (nSPS) is 23.8. The van der Waals surface area contributed by atoms with E-state index in [1.807, 2.05) is 30.3 Å². The minimum Gasteiger partial charge on any atom is -0.405 e. The van der Waals surface area contributed by atoms with E-state index >= 15 is 0 Å². The van der Waals surface area contributed by atoms with Crippen LogP contribution in [0.1, 0.15) is 47.5 Å². The predicted octanol–water partition coefficient (Wildman–Crippen LogP) is 4.27. The quantitative estimate of drug-likeness (QED) is 0.774. The van der Waals surface area contributed by atoms with Crippen LogP contribution in [0.2, 0.25) is 0 Å². The summed E-state index contributed by atoms with van der Waals surface area (Å²) >= 11 is 0. The number of rotatable bonds is 2. The Balaban J connectivity index is 2.23. The molecule has 1 saturated heterocycles. The minimum absolute atomic E-state index is 0.0665. The van der Waals surface area contributed by atoms with Gasteiger partial charge in [-0.25, -0.2) is 0 Å². The molecule has 0 aromatic heterocycles. The number of benzene rings is 1. The highest BCUT2D eigenvalue weighted by molar-refractivity contribution is 5.21. The summed E-state index contributed by atoms with van der Waals surface area (Å²) in [7, 11) is 0. The van der Waals surface area contributed by atoms with Gasteiger partial charge in [-0.05, 0) is 58.6 Å². The van der Waals surface area contributed by atoms with E-state index in [9.17, 15) is 0 Å². The maximum atomic E-state index is 6.17. The highest BCUT2D eigenvalue weighted by Gasteiger charge is 2.46. The Labute approximate surface area is 111 Å². The van der Waals surface area contributed by atoms with Crippen molar-refractivity contribution in [3.63, 3.8) is 0 Å². The molecule has 0 unspecified atom stereocenters. The van der Waals surface area contributed by atoms with E-state index in [2.05, 4.69) is 39.7 Å². The molecule has 0 N–H and O–H groups in total. The van der Waals surface area contributed by atoms with Crippen LogP contribution in [0.3, 0.4) is 0 Å². The fourth-order valence-electron chi connectivity index (χ4n) is 3.60. The number of piperidine rings is 1. The van der Waals surface area contributed by atoms with Gasteiger partial charge in [0.1, 0.15) is 5.75 Å². The second-order valence-corrected chi connectivity index (χ2v) is 6.84. The van der Waals surface area contributed by atoms with Gasteiger partial charge in [0.2, 0.25) is 0 Å². The summed E-state index contributed by atoms with van der Waals surface area (Å²) in [6.07, 6.45) is 2.34. The standard InChI is InChI=1S/C16H25NO/c1-13-11-15(2,3)17(16(4,5)12-13)18-14-9-7-6-8-10-14/h6-10,13H,11-12H2,1-5H3. The molecule has 1 aromatic rings. The lowest BCUT2D eigenvalue weighted by molar-refractivity contribution is -0.225. The SMILES string of the molecule is CC1CC(C)(C)N(Oc2ccccc2)C(C)(C)C1. The molecule has 1 heterocycles. The Bertz CT molecular complexity index is 379. The Kier molecular flexibility index (Phi) is 3.41. The van der Waals surface area contributed by atoms with Gasteiger partial charge in [0, 0.05) is 0 Å². The zero-order chi connectivity index (χ0) is 13.4. The van der Waals surface area contributed by atoms with Crippen molar-refractivity contribution in [3.8, 4) is 5.75 Å². The van der Waals surface area contributed by atoms with Crippen molar-refractivity contribution in [2.24, 2.45) is 5.92 Å². The first-order valence-electron chi connectivity index (χ1n) is 6.85. The largest absolute Gasteiger partial charge is 0.405 e. The number of para-hydroxylation sites is 1. The second-order valence-electron chi connectivity index (χ2n) is 6.84. The van der Waals surface area contributed by atoms with Crippen LogP contribution in [-0.2, 0) is 0 Å². The summed E-state index contributed by atoms with van der Waals surface area (Å²) in [5.74, 6) is 1.67. The van der Waals surface area contributed by atoms with Crippen molar-refractivity contribution in [2.45, 2.75) is 58.5 Å². The van der Waals surface area contributed by atoms with Crippen LogP contribution in [0.15, 0.2) is 30.3 Å². The first kappa shape index (κ1) is 13.4. The zero-order valence-electron chi connectivity index (χ0n) is 12.2. The van der Waals surface area contributed by atoms with Gasteiger partial charge in [0.25, 0.3) is 0 Å². The molecule has 0 radical (unpaired) electrons. The fraction of sp³-hybridized carbons (Fsp3) is 0.625. The summed E-state index contributed by atoms with van der Waals surface area (Å²) in [5, 5.41) is 2.19. The Morgan fingerprint density at radius 2 is 1.50 bits per heavy atom. The molecule has 0 spiro atoms. The first-order chi connectivity index (χ1) is 8.31. The van der Waals surface area contributed by atoms with E-state index < -0.39 is 0 Å². The molecule has 2 heteroatoms. The third-order valence-electron chi connectivity index (χ3n) is 3.74. The number of hydroxylamine groups is 2. The Morgan fingerprint density at radius 3 is 2.00 bits per heavy atom. The van der Waals surface area contributed by atoms with Crippen LogP contribution >= 0.6 is 0 Å². The maximum Gasteiger partial charge on any atom is 0.147 e. The van der Waals surface area contributed by atoms with Crippen LogP contribution in [-0.4, -0.2) is 16.1 Å². The molecule has 0 bridgehead atoms. The lowest BCUT2D eigenvalue weighted by Gasteiger charge is -2.52. The van der Waals surface area contributed by atoms with E-state index in [0.717, 1.165) is 11.7 Å². The summed E-state index contributed by atoms with van der Waals surface area (Å²) < 4.78 is 0. The summed E-state index contributed by atoms with van der Waals surface area (Å²) in [4.78, 5) is 6.17. The van der Waals surface area contributed by atoms with Crippen LogP contribution in [0.25, 0.3) is 0 Å². The zero-order valence-corrected chi connectivity index (χ0v) is 12.2. The average Bonchev–Trinajstić information content (AvgIpc) is 2.23. The smallest absolute Gasteiger partial charge is 0.147 e. The molecular formula is C16H25NO. The van der Waals surface area contributed by atoms with Gasteiger partial charge in [-0.3, -0.25) is 0 Å². The third-order valence-corrected chi connectivity index (χ3v) is 3.74. The highest BCUT2D eigenvalue weighted by atomic mass is 16.7. The van der Waals surface area contributed by atoms with Gasteiger partial charge < -0.3 is 4.84 Å². The van der Waals surface area contributed by atoms with Gasteiger partial charge in [-0.15, -0.1) is 5.06 Å².